The van der Waals surface area contributed by atoms with Gasteiger partial charge in [0.25, 0.3) is 0 Å². The third-order valence-corrected chi connectivity index (χ3v) is 4.12. The summed E-state index contributed by atoms with van der Waals surface area (Å²) in [6.45, 7) is 2.11. The van der Waals surface area contributed by atoms with Crippen LogP contribution in [0.3, 0.4) is 0 Å². The molecular weight excluding hydrogens is 326 g/mol. The summed E-state index contributed by atoms with van der Waals surface area (Å²) in [5.74, 6) is -0.926. The zero-order valence-corrected chi connectivity index (χ0v) is 12.8. The van der Waals surface area contributed by atoms with E-state index in [2.05, 4.69) is 45.0 Å². The number of aromatic carboxylic acids is 1. The highest BCUT2D eigenvalue weighted by Crippen LogP contribution is 2.22. The fraction of sp³-hybridized carbons (Fsp3) is 0.214. The second-order valence-electron chi connectivity index (χ2n) is 4.38. The van der Waals surface area contributed by atoms with Gasteiger partial charge in [0, 0.05) is 16.2 Å². The minimum absolute atomic E-state index is 0.274. The van der Waals surface area contributed by atoms with Crippen LogP contribution in [0, 0.1) is 0 Å². The van der Waals surface area contributed by atoms with Crippen LogP contribution in [0.15, 0.2) is 39.5 Å². The van der Waals surface area contributed by atoms with Crippen LogP contribution in [0.2, 0.25) is 0 Å². The van der Waals surface area contributed by atoms with Gasteiger partial charge in [0.1, 0.15) is 0 Å². The van der Waals surface area contributed by atoms with Gasteiger partial charge in [-0.05, 0) is 69.9 Å². The lowest BCUT2D eigenvalue weighted by Gasteiger charge is -2.15. The van der Waals surface area contributed by atoms with E-state index in [1.807, 2.05) is 0 Å². The van der Waals surface area contributed by atoms with Crippen molar-refractivity contribution in [3.8, 4) is 0 Å². The van der Waals surface area contributed by atoms with Crippen molar-refractivity contribution in [3.05, 3.63) is 50.6 Å². The van der Waals surface area contributed by atoms with Crippen molar-refractivity contribution in [3.63, 3.8) is 0 Å². The standard InChI is InChI=1S/C14H14BrNO2S/c1-9(6-10-4-5-19-8-10)16-11-2-3-12(14(17)18)13(15)7-11/h2-5,7-9,16H,6H2,1H3,(H,17,18). The van der Waals surface area contributed by atoms with E-state index in [0.717, 1.165) is 12.1 Å². The van der Waals surface area contributed by atoms with E-state index in [0.29, 0.717) is 4.47 Å². The number of hydrogen-bond donors (Lipinski definition) is 2. The Morgan fingerprint density at radius 1 is 1.47 bits per heavy atom. The van der Waals surface area contributed by atoms with Gasteiger partial charge < -0.3 is 10.4 Å². The number of carbonyl (C=O) groups is 1. The molecule has 1 unspecified atom stereocenters. The van der Waals surface area contributed by atoms with Gasteiger partial charge >= 0.3 is 5.97 Å². The average Bonchev–Trinajstić information content (AvgIpc) is 2.81. The Labute approximate surface area is 124 Å². The number of halogens is 1. The molecule has 1 atom stereocenters. The van der Waals surface area contributed by atoms with Crippen LogP contribution in [-0.2, 0) is 6.42 Å². The first-order valence-electron chi connectivity index (χ1n) is 5.86. The maximum Gasteiger partial charge on any atom is 0.336 e. The van der Waals surface area contributed by atoms with Crippen molar-refractivity contribution in [1.82, 2.24) is 0 Å². The summed E-state index contributed by atoms with van der Waals surface area (Å²) in [5.41, 5.74) is 2.50. The number of nitrogens with one attached hydrogen (secondary N) is 1. The summed E-state index contributed by atoms with van der Waals surface area (Å²) in [6.07, 6.45) is 0.946. The first-order chi connectivity index (χ1) is 9.06. The lowest BCUT2D eigenvalue weighted by Crippen LogP contribution is -2.17. The number of carboxylic acids is 1. The Bertz CT molecular complexity index is 569. The van der Waals surface area contributed by atoms with Crippen LogP contribution in [0.5, 0.6) is 0 Å². The van der Waals surface area contributed by atoms with Crippen molar-refractivity contribution in [2.24, 2.45) is 0 Å². The zero-order valence-electron chi connectivity index (χ0n) is 10.4. The van der Waals surface area contributed by atoms with Gasteiger partial charge in [0.2, 0.25) is 0 Å². The predicted molar refractivity (Wildman–Crippen MR) is 82.2 cm³/mol. The first-order valence-corrected chi connectivity index (χ1v) is 7.60. The minimum Gasteiger partial charge on any atom is -0.478 e. The van der Waals surface area contributed by atoms with Gasteiger partial charge in [-0.2, -0.15) is 11.3 Å². The van der Waals surface area contributed by atoms with E-state index in [-0.39, 0.29) is 11.6 Å². The molecule has 1 aromatic carbocycles. The third kappa shape index (κ3) is 3.81. The van der Waals surface area contributed by atoms with Crippen molar-refractivity contribution >= 4 is 38.9 Å². The molecule has 0 aliphatic heterocycles. The monoisotopic (exact) mass is 339 g/mol. The maximum atomic E-state index is 10.9. The maximum absolute atomic E-state index is 10.9. The molecule has 0 bridgehead atoms. The molecule has 0 radical (unpaired) electrons. The molecule has 2 N–H and O–H groups in total. The highest BCUT2D eigenvalue weighted by Gasteiger charge is 2.10. The Morgan fingerprint density at radius 3 is 2.84 bits per heavy atom. The predicted octanol–water partition coefficient (Wildman–Crippen LogP) is 4.25. The molecule has 2 rings (SSSR count). The molecule has 0 saturated carbocycles. The fourth-order valence-corrected chi connectivity index (χ4v) is 3.11. The normalized spacial score (nSPS) is 12.1. The van der Waals surface area contributed by atoms with Crippen LogP contribution in [0.25, 0.3) is 0 Å². The topological polar surface area (TPSA) is 49.3 Å². The fourth-order valence-electron chi connectivity index (χ4n) is 1.88. The quantitative estimate of drug-likeness (QED) is 0.855. The van der Waals surface area contributed by atoms with Crippen LogP contribution in [0.1, 0.15) is 22.8 Å². The van der Waals surface area contributed by atoms with Gasteiger partial charge in [-0.15, -0.1) is 0 Å². The number of benzene rings is 1. The number of rotatable bonds is 5. The molecule has 0 amide bonds. The SMILES string of the molecule is CC(Cc1ccsc1)Nc1ccc(C(=O)O)c(Br)c1. The van der Waals surface area contributed by atoms with E-state index in [1.54, 1.807) is 29.5 Å². The summed E-state index contributed by atoms with van der Waals surface area (Å²) in [5, 5.41) is 16.5. The molecule has 100 valence electrons. The first kappa shape index (κ1) is 14.1. The van der Waals surface area contributed by atoms with Crippen LogP contribution >= 0.6 is 27.3 Å². The van der Waals surface area contributed by atoms with Crippen molar-refractivity contribution < 1.29 is 9.90 Å². The number of thiophene rings is 1. The lowest BCUT2D eigenvalue weighted by atomic mass is 10.1. The second kappa shape index (κ2) is 6.21. The molecule has 5 heteroatoms. The van der Waals surface area contributed by atoms with Crippen molar-refractivity contribution in [2.75, 3.05) is 5.32 Å². The van der Waals surface area contributed by atoms with E-state index >= 15 is 0 Å². The molecule has 19 heavy (non-hydrogen) atoms. The summed E-state index contributed by atoms with van der Waals surface area (Å²) >= 11 is 4.97. The smallest absolute Gasteiger partial charge is 0.336 e. The zero-order chi connectivity index (χ0) is 13.8. The van der Waals surface area contributed by atoms with Gasteiger partial charge in [-0.3, -0.25) is 0 Å². The van der Waals surface area contributed by atoms with Crippen LogP contribution in [0.4, 0.5) is 5.69 Å². The van der Waals surface area contributed by atoms with Gasteiger partial charge in [-0.1, -0.05) is 0 Å². The molecule has 0 aliphatic rings. The second-order valence-corrected chi connectivity index (χ2v) is 6.02. The highest BCUT2D eigenvalue weighted by atomic mass is 79.9. The van der Waals surface area contributed by atoms with Gasteiger partial charge in [-0.25, -0.2) is 4.79 Å². The minimum atomic E-state index is -0.926. The summed E-state index contributed by atoms with van der Waals surface area (Å²) in [7, 11) is 0. The third-order valence-electron chi connectivity index (χ3n) is 2.73. The van der Waals surface area contributed by atoms with E-state index < -0.39 is 5.97 Å². The largest absolute Gasteiger partial charge is 0.478 e. The molecule has 0 saturated heterocycles. The number of anilines is 1. The Hall–Kier alpha value is -1.33. The summed E-state index contributed by atoms with van der Waals surface area (Å²) in [6, 6.07) is 7.60. The summed E-state index contributed by atoms with van der Waals surface area (Å²) < 4.78 is 0.590. The Balaban J connectivity index is 2.03. The highest BCUT2D eigenvalue weighted by molar-refractivity contribution is 9.10. The Kier molecular flexibility index (Phi) is 4.61. The molecule has 3 nitrogen and oxygen atoms in total. The summed E-state index contributed by atoms with van der Waals surface area (Å²) in [4.78, 5) is 10.9. The van der Waals surface area contributed by atoms with Crippen LogP contribution < -0.4 is 5.32 Å². The van der Waals surface area contributed by atoms with Crippen molar-refractivity contribution in [2.45, 2.75) is 19.4 Å². The average molecular weight is 340 g/mol. The van der Waals surface area contributed by atoms with Crippen LogP contribution in [-0.4, -0.2) is 17.1 Å². The van der Waals surface area contributed by atoms with E-state index in [1.165, 1.54) is 5.56 Å². The Morgan fingerprint density at radius 2 is 2.26 bits per heavy atom. The van der Waals surface area contributed by atoms with Gasteiger partial charge in [0.05, 0.1) is 5.56 Å². The van der Waals surface area contributed by atoms with E-state index in [9.17, 15) is 4.79 Å². The molecule has 1 heterocycles. The number of hydrogen-bond acceptors (Lipinski definition) is 3. The van der Waals surface area contributed by atoms with Crippen molar-refractivity contribution in [1.29, 1.82) is 0 Å². The number of carboxylic acid groups (broad SMARTS) is 1. The molecule has 1 aromatic heterocycles. The van der Waals surface area contributed by atoms with Gasteiger partial charge in [0.15, 0.2) is 0 Å². The molecule has 2 aromatic rings. The van der Waals surface area contributed by atoms with E-state index in [4.69, 9.17) is 5.11 Å². The molecular formula is C14H14BrNO2S. The molecule has 0 aliphatic carbocycles. The lowest BCUT2D eigenvalue weighted by molar-refractivity contribution is 0.0696. The molecule has 0 spiro atoms. The molecule has 0 fully saturated rings.